The fourth-order valence-corrected chi connectivity index (χ4v) is 4.06. The molecule has 0 bridgehead atoms. The molecule has 1 aromatic heterocycles. The summed E-state index contributed by atoms with van der Waals surface area (Å²) in [7, 11) is 1.72. The van der Waals surface area contributed by atoms with Crippen LogP contribution in [0.2, 0.25) is 0 Å². The first kappa shape index (κ1) is 17.6. The molecule has 1 saturated carbocycles. The van der Waals surface area contributed by atoms with Crippen molar-refractivity contribution in [3.8, 4) is 0 Å². The average Bonchev–Trinajstić information content (AvgIpc) is 3.19. The van der Waals surface area contributed by atoms with E-state index in [-0.39, 0.29) is 12.3 Å². The van der Waals surface area contributed by atoms with Gasteiger partial charge in [0, 0.05) is 13.0 Å². The average molecular weight is 354 g/mol. The lowest BCUT2D eigenvalue weighted by atomic mass is 9.92. The Kier molecular flexibility index (Phi) is 6.39. The minimum atomic E-state index is -0.333. The highest BCUT2D eigenvalue weighted by atomic mass is 32.1. The number of ether oxygens (including phenoxy) is 2. The molecule has 24 heavy (non-hydrogen) atoms. The molecule has 0 aromatic carbocycles. The smallest absolute Gasteiger partial charge is 0.323 e. The molecule has 2 amide bonds. The zero-order valence-electron chi connectivity index (χ0n) is 14.2. The first-order valence-corrected chi connectivity index (χ1v) is 9.63. The molecule has 2 aliphatic rings. The van der Waals surface area contributed by atoms with Crippen LogP contribution in [0.3, 0.4) is 0 Å². The predicted molar refractivity (Wildman–Crippen MR) is 92.3 cm³/mol. The molecule has 7 nitrogen and oxygen atoms in total. The lowest BCUT2D eigenvalue weighted by Gasteiger charge is -2.19. The molecule has 0 radical (unpaired) electrons. The number of nitrogens with zero attached hydrogens (tertiary/aromatic N) is 3. The minimum absolute atomic E-state index is 0.213. The Morgan fingerprint density at radius 1 is 1.17 bits per heavy atom. The van der Waals surface area contributed by atoms with Gasteiger partial charge in [-0.3, -0.25) is 5.32 Å². The zero-order valence-corrected chi connectivity index (χ0v) is 15.0. The van der Waals surface area contributed by atoms with Gasteiger partial charge in [0.2, 0.25) is 5.13 Å². The topological polar surface area (TPSA) is 76.6 Å². The number of aromatic nitrogens is 2. The van der Waals surface area contributed by atoms with Gasteiger partial charge in [-0.1, -0.05) is 43.4 Å². The van der Waals surface area contributed by atoms with Crippen molar-refractivity contribution >= 4 is 22.5 Å². The van der Waals surface area contributed by atoms with E-state index in [1.54, 1.807) is 11.9 Å². The first-order valence-electron chi connectivity index (χ1n) is 8.81. The zero-order chi connectivity index (χ0) is 16.8. The van der Waals surface area contributed by atoms with E-state index in [0.29, 0.717) is 30.8 Å². The van der Waals surface area contributed by atoms with E-state index in [9.17, 15) is 4.79 Å². The normalized spacial score (nSPS) is 20.5. The van der Waals surface area contributed by atoms with Gasteiger partial charge >= 0.3 is 6.03 Å². The summed E-state index contributed by atoms with van der Waals surface area (Å²) in [4.78, 5) is 13.8. The van der Waals surface area contributed by atoms with Crippen molar-refractivity contribution in [2.75, 3.05) is 32.1 Å². The van der Waals surface area contributed by atoms with Crippen molar-refractivity contribution in [3.05, 3.63) is 5.01 Å². The van der Waals surface area contributed by atoms with Gasteiger partial charge in [-0.25, -0.2) is 4.79 Å². The lowest BCUT2D eigenvalue weighted by molar-refractivity contribution is -0.0518. The van der Waals surface area contributed by atoms with Crippen molar-refractivity contribution in [2.45, 2.75) is 57.2 Å². The van der Waals surface area contributed by atoms with Crippen LogP contribution in [0.1, 0.15) is 55.9 Å². The lowest BCUT2D eigenvalue weighted by Crippen LogP contribution is -2.37. The third-order valence-corrected chi connectivity index (χ3v) is 5.57. The van der Waals surface area contributed by atoms with Gasteiger partial charge in [0.05, 0.1) is 19.8 Å². The molecule has 0 unspecified atom stereocenters. The first-order chi connectivity index (χ1) is 11.7. The van der Waals surface area contributed by atoms with Crippen molar-refractivity contribution in [1.29, 1.82) is 0 Å². The second-order valence-electron chi connectivity index (χ2n) is 6.47. The van der Waals surface area contributed by atoms with Crippen LogP contribution in [0.5, 0.6) is 0 Å². The Bertz CT molecular complexity index is 525. The number of rotatable bonds is 4. The van der Waals surface area contributed by atoms with Crippen LogP contribution in [0.15, 0.2) is 0 Å². The molecular weight excluding hydrogens is 328 g/mol. The number of urea groups is 1. The molecule has 2 fully saturated rings. The van der Waals surface area contributed by atoms with Gasteiger partial charge in [0.25, 0.3) is 0 Å². The van der Waals surface area contributed by atoms with Gasteiger partial charge in [-0.05, 0) is 12.8 Å². The maximum atomic E-state index is 12.2. The molecule has 1 aliphatic carbocycles. The van der Waals surface area contributed by atoms with E-state index >= 15 is 0 Å². The summed E-state index contributed by atoms with van der Waals surface area (Å²) in [5, 5.41) is 12.9. The van der Waals surface area contributed by atoms with Crippen molar-refractivity contribution in [2.24, 2.45) is 0 Å². The van der Waals surface area contributed by atoms with Gasteiger partial charge in [-0.15, -0.1) is 10.2 Å². The Balaban J connectivity index is 1.51. The number of anilines is 1. The number of likely N-dealkylation sites (N-methyl/N-ethyl adjacent to an activating group) is 1. The third-order valence-electron chi connectivity index (χ3n) is 4.57. The Morgan fingerprint density at radius 3 is 2.54 bits per heavy atom. The second kappa shape index (κ2) is 8.73. The van der Waals surface area contributed by atoms with Crippen LogP contribution in [0, 0.1) is 0 Å². The molecule has 0 atom stereocenters. The minimum Gasteiger partial charge on any atom is -0.348 e. The highest BCUT2D eigenvalue weighted by Gasteiger charge is 2.22. The van der Waals surface area contributed by atoms with Crippen molar-refractivity contribution < 1.29 is 14.3 Å². The highest BCUT2D eigenvalue weighted by Crippen LogP contribution is 2.33. The van der Waals surface area contributed by atoms with E-state index in [2.05, 4.69) is 15.5 Å². The molecule has 134 valence electrons. The molecule has 1 aliphatic heterocycles. The van der Waals surface area contributed by atoms with Gasteiger partial charge in [0.1, 0.15) is 5.01 Å². The highest BCUT2D eigenvalue weighted by molar-refractivity contribution is 7.15. The maximum absolute atomic E-state index is 12.2. The Hall–Kier alpha value is -1.25. The van der Waals surface area contributed by atoms with E-state index < -0.39 is 0 Å². The number of carbonyl (C=O) groups is 1. The van der Waals surface area contributed by atoms with E-state index in [0.717, 1.165) is 5.01 Å². The quantitative estimate of drug-likeness (QED) is 0.898. The summed E-state index contributed by atoms with van der Waals surface area (Å²) in [6.45, 7) is 1.57. The van der Waals surface area contributed by atoms with E-state index in [4.69, 9.17) is 9.47 Å². The van der Waals surface area contributed by atoms with Crippen molar-refractivity contribution in [3.63, 3.8) is 0 Å². The van der Waals surface area contributed by atoms with Crippen LogP contribution < -0.4 is 5.32 Å². The third kappa shape index (κ3) is 4.87. The van der Waals surface area contributed by atoms with Gasteiger partial charge < -0.3 is 14.4 Å². The van der Waals surface area contributed by atoms with E-state index in [1.165, 1.54) is 56.3 Å². The van der Waals surface area contributed by atoms with Crippen LogP contribution in [-0.4, -0.2) is 54.2 Å². The van der Waals surface area contributed by atoms with Crippen LogP contribution in [-0.2, 0) is 9.47 Å². The number of carbonyl (C=O) groups excluding carboxylic acids is 1. The summed E-state index contributed by atoms with van der Waals surface area (Å²) >= 11 is 1.50. The standard InChI is InChI=1S/C16H26N4O3S/c1-20(11-13-22-9-10-23-13)16(21)17-15-19-18-14(24-15)12-7-5-3-2-4-6-8-12/h12-13H,2-11H2,1H3,(H,17,19,21). The monoisotopic (exact) mass is 354 g/mol. The molecule has 8 heteroatoms. The van der Waals surface area contributed by atoms with Crippen molar-refractivity contribution in [1.82, 2.24) is 15.1 Å². The fourth-order valence-electron chi connectivity index (χ4n) is 3.16. The summed E-state index contributed by atoms with van der Waals surface area (Å²) in [5.74, 6) is 0.492. The fraction of sp³-hybridized carbons (Fsp3) is 0.812. The molecule has 1 N–H and O–H groups in total. The predicted octanol–water partition coefficient (Wildman–Crippen LogP) is 3.20. The van der Waals surface area contributed by atoms with Crippen LogP contribution in [0.4, 0.5) is 9.93 Å². The molecule has 2 heterocycles. The van der Waals surface area contributed by atoms with E-state index in [1.807, 2.05) is 0 Å². The largest absolute Gasteiger partial charge is 0.348 e. The van der Waals surface area contributed by atoms with Gasteiger partial charge in [0.15, 0.2) is 6.29 Å². The summed E-state index contributed by atoms with van der Waals surface area (Å²) in [5.41, 5.74) is 0. The SMILES string of the molecule is CN(CC1OCCO1)C(=O)Nc1nnc(C2CCCCCCC2)s1. The number of hydrogen-bond acceptors (Lipinski definition) is 6. The molecule has 3 rings (SSSR count). The summed E-state index contributed by atoms with van der Waals surface area (Å²) in [6.07, 6.45) is 8.53. The van der Waals surface area contributed by atoms with Crippen LogP contribution >= 0.6 is 11.3 Å². The maximum Gasteiger partial charge on any atom is 0.323 e. The molecular formula is C16H26N4O3S. The number of nitrogens with one attached hydrogen (secondary N) is 1. The summed E-state index contributed by atoms with van der Waals surface area (Å²) < 4.78 is 10.7. The number of amides is 2. The molecule has 1 saturated heterocycles. The van der Waals surface area contributed by atoms with Crippen LogP contribution in [0.25, 0.3) is 0 Å². The molecule has 0 spiro atoms. The second-order valence-corrected chi connectivity index (χ2v) is 7.48. The Labute approximate surface area is 146 Å². The molecule has 1 aromatic rings. The number of hydrogen-bond donors (Lipinski definition) is 1. The van der Waals surface area contributed by atoms with Gasteiger partial charge in [-0.2, -0.15) is 0 Å². The Morgan fingerprint density at radius 2 is 1.83 bits per heavy atom. The summed E-state index contributed by atoms with van der Waals surface area (Å²) in [6, 6.07) is -0.213.